The zero-order valence-corrected chi connectivity index (χ0v) is 11.5. The summed E-state index contributed by atoms with van der Waals surface area (Å²) in [5, 5.41) is 9.71. The van der Waals surface area contributed by atoms with Crippen LogP contribution in [0.5, 0.6) is 5.75 Å². The highest BCUT2D eigenvalue weighted by Gasteiger charge is 2.10. The molecule has 0 bridgehead atoms. The molecule has 0 saturated heterocycles. The summed E-state index contributed by atoms with van der Waals surface area (Å²) in [7, 11) is 0. The summed E-state index contributed by atoms with van der Waals surface area (Å²) in [6, 6.07) is 5.24. The fourth-order valence-corrected chi connectivity index (χ4v) is 2.08. The molecule has 2 nitrogen and oxygen atoms in total. The van der Waals surface area contributed by atoms with Gasteiger partial charge in [0.25, 0.3) is 0 Å². The van der Waals surface area contributed by atoms with Gasteiger partial charge in [0.15, 0.2) is 5.78 Å². The molecule has 0 unspecified atom stereocenters. The number of ketones is 1. The maximum atomic E-state index is 11.9. The molecule has 0 aromatic heterocycles. The van der Waals surface area contributed by atoms with Gasteiger partial charge in [0, 0.05) is 6.42 Å². The number of aromatic hydroxyl groups is 1. The summed E-state index contributed by atoms with van der Waals surface area (Å²) >= 11 is 0. The lowest BCUT2D eigenvalue weighted by atomic mass is 10.0. The number of hydrogen-bond acceptors (Lipinski definition) is 2. The molecule has 0 aliphatic heterocycles. The number of phenolic OH excluding ortho intramolecular Hbond substituents is 1. The lowest BCUT2D eigenvalue weighted by molar-refractivity contribution is 0.0976. The van der Waals surface area contributed by atoms with Crippen LogP contribution in [0, 0.1) is 6.92 Å². The third kappa shape index (κ3) is 4.91. The molecule has 0 aliphatic rings. The molecular weight excluding hydrogens is 224 g/mol. The monoisotopic (exact) mass is 248 g/mol. The van der Waals surface area contributed by atoms with Crippen molar-refractivity contribution in [3.63, 3.8) is 0 Å². The Morgan fingerprint density at radius 3 is 2.44 bits per heavy atom. The van der Waals surface area contributed by atoms with E-state index in [-0.39, 0.29) is 11.5 Å². The maximum Gasteiger partial charge on any atom is 0.166 e. The first-order valence-electron chi connectivity index (χ1n) is 6.98. The first-order chi connectivity index (χ1) is 8.65. The largest absolute Gasteiger partial charge is 0.507 e. The van der Waals surface area contributed by atoms with E-state index in [0.717, 1.165) is 18.4 Å². The SMILES string of the molecule is CCCCCCCCC(=O)c1ccc(C)cc1O. The van der Waals surface area contributed by atoms with Crippen LogP contribution in [-0.4, -0.2) is 10.9 Å². The van der Waals surface area contributed by atoms with Crippen LogP contribution in [0.3, 0.4) is 0 Å². The second-order valence-corrected chi connectivity index (χ2v) is 4.96. The van der Waals surface area contributed by atoms with Crippen LogP contribution in [0.1, 0.15) is 67.8 Å². The molecule has 18 heavy (non-hydrogen) atoms. The third-order valence-corrected chi connectivity index (χ3v) is 3.21. The summed E-state index contributed by atoms with van der Waals surface area (Å²) in [5.41, 5.74) is 1.44. The predicted molar refractivity (Wildman–Crippen MR) is 75.2 cm³/mol. The molecule has 0 fully saturated rings. The normalized spacial score (nSPS) is 10.6. The standard InChI is InChI=1S/C16H24O2/c1-3-4-5-6-7-8-9-15(17)14-11-10-13(2)12-16(14)18/h10-12,18H,3-9H2,1-2H3. The van der Waals surface area contributed by atoms with Gasteiger partial charge in [-0.25, -0.2) is 0 Å². The van der Waals surface area contributed by atoms with Crippen LogP contribution >= 0.6 is 0 Å². The number of benzene rings is 1. The Bertz CT molecular complexity index is 383. The first kappa shape index (κ1) is 14.7. The summed E-state index contributed by atoms with van der Waals surface area (Å²) in [5.74, 6) is 0.175. The van der Waals surface area contributed by atoms with Crippen molar-refractivity contribution >= 4 is 5.78 Å². The topological polar surface area (TPSA) is 37.3 Å². The molecule has 1 rings (SSSR count). The smallest absolute Gasteiger partial charge is 0.166 e. The van der Waals surface area contributed by atoms with E-state index in [9.17, 15) is 9.90 Å². The van der Waals surface area contributed by atoms with Crippen molar-refractivity contribution in [3.8, 4) is 5.75 Å². The molecule has 0 aliphatic carbocycles. The molecule has 0 amide bonds. The average molecular weight is 248 g/mol. The fraction of sp³-hybridized carbons (Fsp3) is 0.562. The second kappa shape index (κ2) is 7.91. The van der Waals surface area contributed by atoms with Crippen LogP contribution < -0.4 is 0 Å². The molecule has 1 aromatic rings. The summed E-state index contributed by atoms with van der Waals surface area (Å²) in [4.78, 5) is 11.9. The van der Waals surface area contributed by atoms with Crippen LogP contribution in [0.4, 0.5) is 0 Å². The van der Waals surface area contributed by atoms with Crippen molar-refractivity contribution in [1.29, 1.82) is 0 Å². The lowest BCUT2D eigenvalue weighted by Gasteiger charge is -2.05. The molecule has 1 aromatic carbocycles. The predicted octanol–water partition coefficient (Wildman–Crippen LogP) is 4.63. The van der Waals surface area contributed by atoms with Gasteiger partial charge in [-0.1, -0.05) is 45.1 Å². The number of aryl methyl sites for hydroxylation is 1. The number of Topliss-reactive ketones (excluding diaryl/α,β-unsaturated/α-hetero) is 1. The molecular formula is C16H24O2. The highest BCUT2D eigenvalue weighted by Crippen LogP contribution is 2.21. The average Bonchev–Trinajstić information content (AvgIpc) is 2.33. The van der Waals surface area contributed by atoms with Gasteiger partial charge < -0.3 is 5.11 Å². The maximum absolute atomic E-state index is 11.9. The molecule has 0 saturated carbocycles. The van der Waals surface area contributed by atoms with Crippen molar-refractivity contribution < 1.29 is 9.90 Å². The molecule has 0 heterocycles. The third-order valence-electron chi connectivity index (χ3n) is 3.21. The minimum atomic E-state index is 0.0583. The van der Waals surface area contributed by atoms with Crippen molar-refractivity contribution in [2.24, 2.45) is 0 Å². The van der Waals surface area contributed by atoms with Crippen LogP contribution in [0.25, 0.3) is 0 Å². The number of rotatable bonds is 8. The molecule has 0 atom stereocenters. The molecule has 100 valence electrons. The first-order valence-corrected chi connectivity index (χ1v) is 6.98. The van der Waals surface area contributed by atoms with Gasteiger partial charge >= 0.3 is 0 Å². The highest BCUT2D eigenvalue weighted by atomic mass is 16.3. The number of carbonyl (C=O) groups is 1. The van der Waals surface area contributed by atoms with Gasteiger partial charge in [0.05, 0.1) is 5.56 Å². The molecule has 0 radical (unpaired) electrons. The zero-order chi connectivity index (χ0) is 13.4. The van der Waals surface area contributed by atoms with E-state index in [4.69, 9.17) is 0 Å². The Kier molecular flexibility index (Phi) is 6.48. The van der Waals surface area contributed by atoms with Crippen LogP contribution in [0.15, 0.2) is 18.2 Å². The Labute approximate surface area is 110 Å². The zero-order valence-electron chi connectivity index (χ0n) is 11.5. The minimum Gasteiger partial charge on any atom is -0.507 e. The van der Waals surface area contributed by atoms with Crippen molar-refractivity contribution in [3.05, 3.63) is 29.3 Å². The molecule has 0 spiro atoms. The minimum absolute atomic E-state index is 0.0583. The Balaban J connectivity index is 2.32. The number of hydrogen-bond donors (Lipinski definition) is 1. The quantitative estimate of drug-likeness (QED) is 0.538. The summed E-state index contributed by atoms with van der Waals surface area (Å²) in [6.07, 6.45) is 7.58. The van der Waals surface area contributed by atoms with Crippen molar-refractivity contribution in [1.82, 2.24) is 0 Å². The van der Waals surface area contributed by atoms with E-state index in [2.05, 4.69) is 6.92 Å². The molecule has 2 heteroatoms. The Morgan fingerprint density at radius 2 is 1.78 bits per heavy atom. The van der Waals surface area contributed by atoms with Crippen LogP contribution in [0.2, 0.25) is 0 Å². The van der Waals surface area contributed by atoms with E-state index in [0.29, 0.717) is 12.0 Å². The van der Waals surface area contributed by atoms with E-state index in [1.165, 1.54) is 25.7 Å². The van der Waals surface area contributed by atoms with E-state index in [1.54, 1.807) is 12.1 Å². The second-order valence-electron chi connectivity index (χ2n) is 4.96. The van der Waals surface area contributed by atoms with Gasteiger partial charge in [-0.15, -0.1) is 0 Å². The van der Waals surface area contributed by atoms with Crippen molar-refractivity contribution in [2.45, 2.75) is 58.8 Å². The number of phenols is 1. The van der Waals surface area contributed by atoms with E-state index < -0.39 is 0 Å². The van der Waals surface area contributed by atoms with Gasteiger partial charge in [-0.05, 0) is 31.0 Å². The van der Waals surface area contributed by atoms with Crippen molar-refractivity contribution in [2.75, 3.05) is 0 Å². The summed E-state index contributed by atoms with van der Waals surface area (Å²) in [6.45, 7) is 4.10. The highest BCUT2D eigenvalue weighted by molar-refractivity contribution is 5.98. The van der Waals surface area contributed by atoms with Crippen LogP contribution in [-0.2, 0) is 0 Å². The van der Waals surface area contributed by atoms with Gasteiger partial charge in [0.2, 0.25) is 0 Å². The Hall–Kier alpha value is -1.31. The Morgan fingerprint density at radius 1 is 1.11 bits per heavy atom. The summed E-state index contributed by atoms with van der Waals surface area (Å²) < 4.78 is 0. The van der Waals surface area contributed by atoms with Gasteiger partial charge in [-0.2, -0.15) is 0 Å². The fourth-order valence-electron chi connectivity index (χ4n) is 2.08. The molecule has 1 N–H and O–H groups in total. The van der Waals surface area contributed by atoms with E-state index >= 15 is 0 Å². The lowest BCUT2D eigenvalue weighted by Crippen LogP contribution is -1.99. The van der Waals surface area contributed by atoms with Gasteiger partial charge in [0.1, 0.15) is 5.75 Å². The van der Waals surface area contributed by atoms with Gasteiger partial charge in [-0.3, -0.25) is 4.79 Å². The number of unbranched alkanes of at least 4 members (excludes halogenated alkanes) is 5. The van der Waals surface area contributed by atoms with E-state index in [1.807, 2.05) is 13.0 Å². The number of carbonyl (C=O) groups excluding carboxylic acids is 1.